The number of carbonyl (C=O) groups is 3. The van der Waals surface area contributed by atoms with Crippen LogP contribution < -0.4 is 5.32 Å². The number of likely N-dealkylation sites (tertiary alicyclic amines) is 2. The van der Waals surface area contributed by atoms with Crippen LogP contribution in [0.15, 0.2) is 0 Å². The maximum atomic E-state index is 12.7. The molecule has 3 atom stereocenters. The van der Waals surface area contributed by atoms with Crippen LogP contribution in [0.5, 0.6) is 0 Å². The first-order valence-electron chi connectivity index (χ1n) is 7.49. The van der Waals surface area contributed by atoms with Gasteiger partial charge in [-0.15, -0.1) is 0 Å². The van der Waals surface area contributed by atoms with E-state index in [2.05, 4.69) is 5.32 Å². The molecule has 0 aromatic heterocycles. The van der Waals surface area contributed by atoms with Crippen LogP contribution in [0.2, 0.25) is 0 Å². The molecule has 2 aliphatic heterocycles. The summed E-state index contributed by atoms with van der Waals surface area (Å²) in [5.74, 6) is -1.53. The van der Waals surface area contributed by atoms with Crippen LogP contribution in [0.25, 0.3) is 0 Å². The van der Waals surface area contributed by atoms with Gasteiger partial charge in [-0.25, -0.2) is 4.79 Å². The van der Waals surface area contributed by atoms with E-state index in [0.717, 1.165) is 12.8 Å². The minimum absolute atomic E-state index is 0.148. The van der Waals surface area contributed by atoms with Gasteiger partial charge >= 0.3 is 12.0 Å². The molecule has 2 N–H and O–H groups in total. The molecular formula is C14H23N3O4. The summed E-state index contributed by atoms with van der Waals surface area (Å²) >= 11 is 0. The van der Waals surface area contributed by atoms with Crippen molar-refractivity contribution in [1.82, 2.24) is 15.1 Å². The molecule has 0 aromatic carbocycles. The molecule has 2 fully saturated rings. The number of urea groups is 1. The highest BCUT2D eigenvalue weighted by Crippen LogP contribution is 2.27. The Morgan fingerprint density at radius 3 is 2.38 bits per heavy atom. The molecule has 21 heavy (non-hydrogen) atoms. The smallest absolute Gasteiger partial charge is 0.320 e. The Kier molecular flexibility index (Phi) is 4.69. The lowest BCUT2D eigenvalue weighted by Crippen LogP contribution is -2.56. The maximum absolute atomic E-state index is 12.7. The molecule has 0 aliphatic carbocycles. The lowest BCUT2D eigenvalue weighted by Gasteiger charge is -2.38. The number of nitrogens with one attached hydrogen (secondary N) is 1. The zero-order valence-electron chi connectivity index (χ0n) is 12.5. The summed E-state index contributed by atoms with van der Waals surface area (Å²) in [6.07, 6.45) is 2.94. The van der Waals surface area contributed by atoms with Gasteiger partial charge < -0.3 is 20.2 Å². The molecule has 2 heterocycles. The number of nitrogens with zero attached hydrogens (tertiary/aromatic N) is 2. The fraction of sp³-hybridized carbons (Fsp3) is 0.786. The van der Waals surface area contributed by atoms with E-state index in [4.69, 9.17) is 5.11 Å². The Balaban J connectivity index is 2.11. The summed E-state index contributed by atoms with van der Waals surface area (Å²) in [6.45, 7) is 2.76. The number of hydrogen-bond donors (Lipinski definition) is 2. The van der Waals surface area contributed by atoms with Gasteiger partial charge in [-0.1, -0.05) is 0 Å². The number of rotatable bonds is 2. The molecule has 118 valence electrons. The van der Waals surface area contributed by atoms with Gasteiger partial charge in [-0.2, -0.15) is 0 Å². The Morgan fingerprint density at radius 2 is 1.81 bits per heavy atom. The minimum atomic E-state index is -0.862. The molecule has 2 aliphatic rings. The normalized spacial score (nSPS) is 29.3. The molecule has 2 rings (SSSR count). The van der Waals surface area contributed by atoms with Gasteiger partial charge in [0.1, 0.15) is 6.04 Å². The van der Waals surface area contributed by atoms with Gasteiger partial charge in [-0.05, 0) is 32.6 Å². The van der Waals surface area contributed by atoms with Crippen molar-refractivity contribution in [3.05, 3.63) is 0 Å². The Bertz CT molecular complexity index is 440. The van der Waals surface area contributed by atoms with Crippen molar-refractivity contribution in [3.8, 4) is 0 Å². The number of carboxylic acid groups (broad SMARTS) is 1. The van der Waals surface area contributed by atoms with Crippen LogP contribution in [0.1, 0.15) is 32.6 Å². The van der Waals surface area contributed by atoms with Crippen molar-refractivity contribution in [3.63, 3.8) is 0 Å². The predicted octanol–water partition coefficient (Wildman–Crippen LogP) is 0.502. The van der Waals surface area contributed by atoms with Gasteiger partial charge in [0.25, 0.3) is 0 Å². The number of amides is 3. The summed E-state index contributed by atoms with van der Waals surface area (Å²) in [5.41, 5.74) is 0. The van der Waals surface area contributed by atoms with Crippen LogP contribution in [0, 0.1) is 5.92 Å². The number of carboxylic acids is 1. The highest BCUT2D eigenvalue weighted by Gasteiger charge is 2.42. The van der Waals surface area contributed by atoms with Crippen molar-refractivity contribution in [1.29, 1.82) is 0 Å². The van der Waals surface area contributed by atoms with Crippen LogP contribution in [0.3, 0.4) is 0 Å². The van der Waals surface area contributed by atoms with Gasteiger partial charge in [-0.3, -0.25) is 9.59 Å². The average molecular weight is 297 g/mol. The molecule has 0 saturated carbocycles. The Hall–Kier alpha value is -1.79. The topological polar surface area (TPSA) is 90.0 Å². The molecule has 0 bridgehead atoms. The second kappa shape index (κ2) is 6.32. The minimum Gasteiger partial charge on any atom is -0.481 e. The summed E-state index contributed by atoms with van der Waals surface area (Å²) in [4.78, 5) is 39.0. The number of aliphatic carboxylic acids is 1. The first kappa shape index (κ1) is 15.6. The van der Waals surface area contributed by atoms with E-state index in [1.54, 1.807) is 23.8 Å². The zero-order valence-corrected chi connectivity index (χ0v) is 12.5. The third kappa shape index (κ3) is 2.96. The molecule has 0 spiro atoms. The summed E-state index contributed by atoms with van der Waals surface area (Å²) in [5, 5.41) is 11.8. The van der Waals surface area contributed by atoms with E-state index in [1.807, 2.05) is 0 Å². The fourth-order valence-corrected chi connectivity index (χ4v) is 3.30. The van der Waals surface area contributed by atoms with Gasteiger partial charge in [0.15, 0.2) is 0 Å². The largest absolute Gasteiger partial charge is 0.481 e. The predicted molar refractivity (Wildman–Crippen MR) is 75.7 cm³/mol. The number of carbonyl (C=O) groups excluding carboxylic acids is 2. The van der Waals surface area contributed by atoms with Crippen LogP contribution in [-0.4, -0.2) is 65.0 Å². The molecule has 3 unspecified atom stereocenters. The Morgan fingerprint density at radius 1 is 1.10 bits per heavy atom. The van der Waals surface area contributed by atoms with E-state index >= 15 is 0 Å². The first-order chi connectivity index (χ1) is 9.97. The van der Waals surface area contributed by atoms with Crippen LogP contribution in [-0.2, 0) is 9.59 Å². The van der Waals surface area contributed by atoms with E-state index in [9.17, 15) is 14.4 Å². The lowest BCUT2D eigenvalue weighted by molar-refractivity contribution is -0.142. The Labute approximate surface area is 124 Å². The second-order valence-electron chi connectivity index (χ2n) is 5.77. The highest BCUT2D eigenvalue weighted by atomic mass is 16.4. The second-order valence-corrected chi connectivity index (χ2v) is 5.77. The number of piperidine rings is 1. The molecule has 0 radical (unpaired) electrons. The zero-order chi connectivity index (χ0) is 15.6. The van der Waals surface area contributed by atoms with Crippen molar-refractivity contribution < 1.29 is 19.5 Å². The van der Waals surface area contributed by atoms with Crippen LogP contribution >= 0.6 is 0 Å². The van der Waals surface area contributed by atoms with Crippen molar-refractivity contribution >= 4 is 17.9 Å². The number of hydrogen-bond acceptors (Lipinski definition) is 3. The maximum Gasteiger partial charge on any atom is 0.320 e. The average Bonchev–Trinajstić information content (AvgIpc) is 2.87. The van der Waals surface area contributed by atoms with E-state index < -0.39 is 17.9 Å². The molecular weight excluding hydrogens is 274 g/mol. The van der Waals surface area contributed by atoms with Gasteiger partial charge in [0.2, 0.25) is 5.91 Å². The molecule has 7 nitrogen and oxygen atoms in total. The lowest BCUT2D eigenvalue weighted by atomic mass is 10.0. The molecule has 7 heteroatoms. The van der Waals surface area contributed by atoms with E-state index in [-0.39, 0.29) is 18.0 Å². The monoisotopic (exact) mass is 297 g/mol. The van der Waals surface area contributed by atoms with Gasteiger partial charge in [0.05, 0.1) is 5.92 Å². The van der Waals surface area contributed by atoms with Crippen molar-refractivity contribution in [2.45, 2.75) is 44.7 Å². The molecule has 3 amide bonds. The standard InChI is InChI=1S/C14H23N3O4/c1-9-10(13(19)20)6-8-16(9)14(21)17-7-4-3-5-11(17)12(18)15-2/h9-11H,3-8H2,1-2H3,(H,15,18)(H,19,20). The van der Waals surface area contributed by atoms with Crippen molar-refractivity contribution in [2.24, 2.45) is 5.92 Å². The fourth-order valence-electron chi connectivity index (χ4n) is 3.30. The molecule has 0 aromatic rings. The highest BCUT2D eigenvalue weighted by molar-refractivity contribution is 5.87. The first-order valence-corrected chi connectivity index (χ1v) is 7.49. The third-order valence-corrected chi connectivity index (χ3v) is 4.62. The van der Waals surface area contributed by atoms with Crippen molar-refractivity contribution in [2.75, 3.05) is 20.1 Å². The quantitative estimate of drug-likeness (QED) is 0.776. The SMILES string of the molecule is CNC(=O)C1CCCCN1C(=O)N1CCC(C(=O)O)C1C. The number of likely N-dealkylation sites (N-methyl/N-ethyl adjacent to an activating group) is 1. The van der Waals surface area contributed by atoms with Crippen LogP contribution in [0.4, 0.5) is 4.79 Å². The van der Waals surface area contributed by atoms with E-state index in [0.29, 0.717) is 25.9 Å². The summed E-state index contributed by atoms with van der Waals surface area (Å²) < 4.78 is 0. The van der Waals surface area contributed by atoms with E-state index in [1.165, 1.54) is 0 Å². The third-order valence-electron chi connectivity index (χ3n) is 4.62. The molecule has 2 saturated heterocycles. The van der Waals surface area contributed by atoms with Gasteiger partial charge in [0, 0.05) is 26.2 Å². The summed E-state index contributed by atoms with van der Waals surface area (Å²) in [7, 11) is 1.57. The summed E-state index contributed by atoms with van der Waals surface area (Å²) in [6, 6.07) is -0.978.